The molecule has 0 unspecified atom stereocenters. The summed E-state index contributed by atoms with van der Waals surface area (Å²) in [5, 5.41) is 0. The Bertz CT molecular complexity index is 3910. The van der Waals surface area contributed by atoms with E-state index in [9.17, 15) is 47.9 Å². The van der Waals surface area contributed by atoms with Crippen molar-refractivity contribution in [3.8, 4) is 0 Å². The molecule has 11 rings (SSSR count). The Morgan fingerprint density at radius 1 is 0.190 bits per heavy atom. The second-order valence-corrected chi connectivity index (χ2v) is 59.3. The third-order valence-corrected chi connectivity index (χ3v) is 65.6. The number of nitrogens with zero attached hydrogens (tertiary/aromatic N) is 5. The Hall–Kier alpha value is 2.28. The molecular formula is C60H45Br20N5O15Si5. The summed E-state index contributed by atoms with van der Waals surface area (Å²) in [5.74, 6) is -5.51. The smallest absolute Gasteiger partial charge is 0.317 e. The van der Waals surface area contributed by atoms with Crippen molar-refractivity contribution < 1.29 is 68.5 Å². The summed E-state index contributed by atoms with van der Waals surface area (Å²) in [6, 6.07) is 0.457. The number of hydrogen-bond acceptors (Lipinski definition) is 15. The van der Waals surface area contributed by atoms with E-state index in [0.717, 1.165) is 24.5 Å². The first-order valence-corrected chi connectivity index (χ1v) is 59.4. The van der Waals surface area contributed by atoms with Gasteiger partial charge in [0.2, 0.25) is 0 Å². The summed E-state index contributed by atoms with van der Waals surface area (Å²) >= 11 is 70.7. The summed E-state index contributed by atoms with van der Waals surface area (Å²) in [6.45, 7) is 8.73. The lowest BCUT2D eigenvalue weighted by molar-refractivity contribution is 0.0637. The molecular weight excluding hydrogens is 2770 g/mol. The number of halogens is 20. The van der Waals surface area contributed by atoms with Gasteiger partial charge in [-0.3, -0.25) is 72.4 Å². The molecule has 1 saturated heterocycles. The van der Waals surface area contributed by atoms with E-state index in [-0.39, 0.29) is 151 Å². The molecule has 0 saturated carbocycles. The van der Waals surface area contributed by atoms with Gasteiger partial charge in [0.15, 0.2) is 0 Å². The van der Waals surface area contributed by atoms with Gasteiger partial charge in [-0.2, -0.15) is 0 Å². The second kappa shape index (κ2) is 33.6. The molecule has 6 aliphatic rings. The Morgan fingerprint density at radius 2 is 0.286 bits per heavy atom. The zero-order chi connectivity index (χ0) is 77.6. The second-order valence-electron chi connectivity index (χ2n) is 25.5. The lowest BCUT2D eigenvalue weighted by Crippen LogP contribution is -2.67. The number of hydrogen-bond donors (Lipinski definition) is 0. The average molecular weight is 2810 g/mol. The van der Waals surface area contributed by atoms with Crippen LogP contribution in [0.15, 0.2) is 89.5 Å². The minimum absolute atomic E-state index is 0.0913. The molecule has 0 aliphatic carbocycles. The lowest BCUT2D eigenvalue weighted by Gasteiger charge is -2.50. The summed E-state index contributed by atoms with van der Waals surface area (Å²) < 4.78 is 47.6. The predicted molar refractivity (Wildman–Crippen MR) is 474 cm³/mol. The van der Waals surface area contributed by atoms with Gasteiger partial charge in [0.25, 0.3) is 59.1 Å². The number of imide groups is 5. The zero-order valence-corrected chi connectivity index (χ0v) is 90.7. The van der Waals surface area contributed by atoms with Gasteiger partial charge in [-0.1, -0.05) is 0 Å². The van der Waals surface area contributed by atoms with E-state index in [1.54, 1.807) is 0 Å². The van der Waals surface area contributed by atoms with E-state index in [4.69, 9.17) is 20.6 Å². The standard InChI is InChI=1S/C60H45Br20N5O15Si5/c1-101(16-6-11-81-51(86)21-22(52(81)87)32(62)42(72)41(71)31(21)61)96-102(2,17-7-12-82-53(88)23-24(54(82)89)34(64)44(74)43(73)33(23)63)98-104(4,19-9-14-84-57(92)27-28(58(84)93)38(68)48(78)47(77)37(27)67)100-105(5,20-10-15-85-59(94)29-30(60(85)95)40(70)50(80)49(79)39(29)69)99-103(3,97-101)18-8-13-83-55(90)25-26(56(83)91)36(66)46(76)45(75)35(25)65/h6-20H2,1-5H3. The predicted octanol–water partition coefficient (Wildman–Crippen LogP) is 24.1. The van der Waals surface area contributed by atoms with Gasteiger partial charge in [0.1, 0.15) is 0 Å². The molecule has 10 amide bonds. The zero-order valence-electron chi connectivity index (χ0n) is 54.0. The third-order valence-electron chi connectivity index (χ3n) is 18.1. The maximum atomic E-state index is 14.5. The highest BCUT2D eigenvalue weighted by molar-refractivity contribution is 9.17. The number of carbonyl (C=O) groups is 10. The number of amides is 10. The molecule has 5 aromatic rings. The Labute approximate surface area is 774 Å². The van der Waals surface area contributed by atoms with Crippen LogP contribution in [-0.2, 0) is 20.6 Å². The quantitative estimate of drug-likeness (QED) is 0.0305. The summed E-state index contributed by atoms with van der Waals surface area (Å²) in [4.78, 5) is 151. The van der Waals surface area contributed by atoms with Gasteiger partial charge in [-0.15, -0.1) is 0 Å². The van der Waals surface area contributed by atoms with Crippen molar-refractivity contribution in [1.29, 1.82) is 0 Å². The van der Waals surface area contributed by atoms with Gasteiger partial charge >= 0.3 is 42.8 Å². The van der Waals surface area contributed by atoms with E-state index < -0.39 is 102 Å². The highest BCUT2D eigenvalue weighted by Crippen LogP contribution is 2.52. The van der Waals surface area contributed by atoms with Gasteiger partial charge in [-0.25, -0.2) is 0 Å². The highest BCUT2D eigenvalue weighted by Gasteiger charge is 2.58. The van der Waals surface area contributed by atoms with Crippen LogP contribution in [-0.4, -0.2) is 159 Å². The molecule has 105 heavy (non-hydrogen) atoms. The molecule has 0 N–H and O–H groups in total. The van der Waals surface area contributed by atoms with E-state index in [1.165, 1.54) is 0 Å². The largest absolute Gasteiger partial charge is 0.416 e. The first kappa shape index (κ1) is 88.1. The van der Waals surface area contributed by atoms with Gasteiger partial charge in [0.05, 0.1) is 55.6 Å². The maximum Gasteiger partial charge on any atom is 0.317 e. The third kappa shape index (κ3) is 16.2. The molecule has 0 radical (unpaired) electrons. The highest BCUT2D eigenvalue weighted by atomic mass is 79.9. The van der Waals surface area contributed by atoms with Crippen LogP contribution in [0.3, 0.4) is 0 Å². The van der Waals surface area contributed by atoms with Gasteiger partial charge < -0.3 is 20.6 Å². The Kier molecular flexibility index (Phi) is 28.2. The van der Waals surface area contributed by atoms with E-state index in [2.05, 4.69) is 319 Å². The summed E-state index contributed by atoms with van der Waals surface area (Å²) in [5.41, 5.74) is 1.51. The Morgan fingerprint density at radius 3 is 0.381 bits per heavy atom. The molecule has 45 heteroatoms. The van der Waals surface area contributed by atoms with Crippen LogP contribution < -0.4 is 0 Å². The fourth-order valence-corrected chi connectivity index (χ4v) is 55.0. The number of benzene rings is 5. The number of carbonyl (C=O) groups excluding carboxylic acids is 10. The van der Waals surface area contributed by atoms with Crippen molar-refractivity contribution >= 4 is 420 Å². The molecule has 5 aromatic carbocycles. The van der Waals surface area contributed by atoms with Gasteiger partial charge in [0, 0.05) is 122 Å². The maximum absolute atomic E-state index is 14.5. The molecule has 1 fully saturated rings. The minimum atomic E-state index is -4.02. The molecule has 0 atom stereocenters. The fourth-order valence-electron chi connectivity index (χ4n) is 13.7. The van der Waals surface area contributed by atoms with E-state index in [1.807, 2.05) is 32.7 Å². The van der Waals surface area contributed by atoms with Crippen molar-refractivity contribution in [2.45, 2.75) is 95.1 Å². The van der Waals surface area contributed by atoms with Crippen LogP contribution in [0.25, 0.3) is 0 Å². The van der Waals surface area contributed by atoms with Crippen molar-refractivity contribution in [3.05, 3.63) is 145 Å². The van der Waals surface area contributed by atoms with E-state index in [0.29, 0.717) is 89.5 Å². The number of fused-ring (bicyclic) bond motifs is 5. The van der Waals surface area contributed by atoms with Crippen LogP contribution in [0.2, 0.25) is 63.0 Å². The minimum Gasteiger partial charge on any atom is -0.416 e. The average Bonchev–Trinajstić information content (AvgIpc) is 1.63. The van der Waals surface area contributed by atoms with Crippen molar-refractivity contribution in [2.75, 3.05) is 32.7 Å². The monoisotopic (exact) mass is 2790 g/mol. The Balaban J connectivity index is 1.00. The van der Waals surface area contributed by atoms with Crippen LogP contribution in [0.4, 0.5) is 0 Å². The fraction of sp³-hybridized carbons (Fsp3) is 0.333. The molecule has 0 aromatic heterocycles. The molecule has 6 aliphatic heterocycles. The number of rotatable bonds is 20. The summed E-state index contributed by atoms with van der Waals surface area (Å²) in [7, 11) is -20.1. The van der Waals surface area contributed by atoms with Crippen LogP contribution >= 0.6 is 319 Å². The van der Waals surface area contributed by atoms with Gasteiger partial charge in [-0.05, 0) is 414 Å². The molecule has 0 bridgehead atoms. The van der Waals surface area contributed by atoms with Crippen molar-refractivity contribution in [2.24, 2.45) is 0 Å². The van der Waals surface area contributed by atoms with Crippen molar-refractivity contribution in [3.63, 3.8) is 0 Å². The van der Waals surface area contributed by atoms with Crippen LogP contribution in [0, 0.1) is 0 Å². The summed E-state index contributed by atoms with van der Waals surface area (Å²) in [6.07, 6.45) is 0.594. The van der Waals surface area contributed by atoms with Crippen LogP contribution in [0.5, 0.6) is 0 Å². The topological polar surface area (TPSA) is 233 Å². The molecule has 560 valence electrons. The molecule has 20 nitrogen and oxygen atoms in total. The molecule has 0 spiro atoms. The van der Waals surface area contributed by atoms with E-state index >= 15 is 0 Å². The SMILES string of the molecule is C[Si]1(CCCN2C(=O)c3c(Br)c(Br)c(Br)c(Br)c3C2=O)O[Si](C)(CCCN2C(=O)c3c(Br)c(Br)c(Br)c(Br)c3C2=O)O[Si](C)(CCCN2C(=O)c3c(Br)c(Br)c(Br)c(Br)c3C2=O)O[Si](C)(CCCN2C(=O)c3c(Br)c(Br)c(Br)c(Br)c3C2=O)O[Si](C)(CCCN2C(=O)c3c(Br)c(Br)c(Br)c(Br)c3C2=O)O1. The lowest BCUT2D eigenvalue weighted by atomic mass is 10.1. The normalized spacial score (nSPS) is 23.2. The first-order chi connectivity index (χ1) is 48.8. The van der Waals surface area contributed by atoms with Crippen LogP contribution in [0.1, 0.15) is 136 Å². The van der Waals surface area contributed by atoms with Crippen molar-refractivity contribution in [1.82, 2.24) is 24.5 Å². The molecule has 6 heterocycles. The first-order valence-electron chi connectivity index (χ1n) is 30.9.